The Kier molecular flexibility index (Phi) is 3.51. The van der Waals surface area contributed by atoms with Crippen molar-refractivity contribution in [3.8, 4) is 0 Å². The summed E-state index contributed by atoms with van der Waals surface area (Å²) in [6.07, 6.45) is 0.832. The van der Waals surface area contributed by atoms with Crippen LogP contribution < -0.4 is 0 Å². The highest BCUT2D eigenvalue weighted by atomic mass is 32.1. The quantitative estimate of drug-likeness (QED) is 0.926. The van der Waals surface area contributed by atoms with Crippen molar-refractivity contribution >= 4 is 23.2 Å². The number of hydrogen-bond acceptors (Lipinski definition) is 3. The summed E-state index contributed by atoms with van der Waals surface area (Å²) in [6.45, 7) is 2.62. The Labute approximate surface area is 126 Å². The highest BCUT2D eigenvalue weighted by Crippen LogP contribution is 2.33. The number of thiophene rings is 1. The largest absolute Gasteiger partial charge is 0.478 e. The van der Waals surface area contributed by atoms with E-state index in [1.165, 1.54) is 16.5 Å². The summed E-state index contributed by atoms with van der Waals surface area (Å²) in [5.74, 6) is -1.28. The molecule has 1 atom stereocenters. The Hall–Kier alpha value is -2.14. The van der Waals surface area contributed by atoms with E-state index < -0.39 is 5.97 Å². The van der Waals surface area contributed by atoms with Gasteiger partial charge >= 0.3 is 5.97 Å². The molecule has 1 N–H and O–H groups in total. The number of fused-ring (bicyclic) bond motifs is 1. The molecule has 1 unspecified atom stereocenters. The third-order valence-electron chi connectivity index (χ3n) is 3.93. The maximum absolute atomic E-state index is 12.7. The summed E-state index contributed by atoms with van der Waals surface area (Å²) in [5, 5.41) is 11.3. The molecule has 5 heteroatoms. The Morgan fingerprint density at radius 3 is 2.67 bits per heavy atom. The van der Waals surface area contributed by atoms with E-state index in [9.17, 15) is 14.7 Å². The van der Waals surface area contributed by atoms with Crippen molar-refractivity contribution < 1.29 is 14.7 Å². The lowest BCUT2D eigenvalue weighted by molar-refractivity contribution is 0.0644. The molecule has 1 amide bonds. The maximum Gasteiger partial charge on any atom is 0.336 e. The first-order valence-electron chi connectivity index (χ1n) is 6.79. The fraction of sp³-hybridized carbons (Fsp3) is 0.250. The molecule has 21 heavy (non-hydrogen) atoms. The zero-order valence-electron chi connectivity index (χ0n) is 11.6. The smallest absolute Gasteiger partial charge is 0.336 e. The van der Waals surface area contributed by atoms with Crippen LogP contribution in [0.4, 0.5) is 0 Å². The molecule has 0 fully saturated rings. The average Bonchev–Trinajstić information content (AvgIpc) is 2.96. The van der Waals surface area contributed by atoms with Gasteiger partial charge in [-0.15, -0.1) is 11.3 Å². The molecule has 4 nitrogen and oxygen atoms in total. The minimum Gasteiger partial charge on any atom is -0.478 e. The molecule has 0 saturated carbocycles. The fourth-order valence-electron chi connectivity index (χ4n) is 2.80. The Morgan fingerprint density at radius 1 is 1.24 bits per heavy atom. The van der Waals surface area contributed by atoms with Gasteiger partial charge in [-0.2, -0.15) is 0 Å². The van der Waals surface area contributed by atoms with E-state index in [2.05, 4.69) is 0 Å². The van der Waals surface area contributed by atoms with Gasteiger partial charge in [0.25, 0.3) is 5.91 Å². The minimum atomic E-state index is -1.07. The number of rotatable bonds is 2. The van der Waals surface area contributed by atoms with E-state index in [4.69, 9.17) is 0 Å². The van der Waals surface area contributed by atoms with Gasteiger partial charge in [0, 0.05) is 11.4 Å². The van der Waals surface area contributed by atoms with Crippen LogP contribution in [0.5, 0.6) is 0 Å². The summed E-state index contributed by atoms with van der Waals surface area (Å²) in [5.41, 5.74) is 1.49. The molecule has 108 valence electrons. The first-order valence-corrected chi connectivity index (χ1v) is 7.67. The topological polar surface area (TPSA) is 57.6 Å². The second kappa shape index (κ2) is 5.33. The van der Waals surface area contributed by atoms with Gasteiger partial charge in [-0.05, 0) is 42.5 Å². The van der Waals surface area contributed by atoms with E-state index in [1.54, 1.807) is 34.4 Å². The molecule has 0 saturated heterocycles. The number of carboxylic acid groups (broad SMARTS) is 1. The van der Waals surface area contributed by atoms with Crippen molar-refractivity contribution in [2.24, 2.45) is 0 Å². The second-order valence-corrected chi connectivity index (χ2v) is 6.08. The standard InChI is InChI=1S/C16H15NO3S/c1-10-11-7-9-21-14(11)6-8-17(10)15(18)12-4-2-3-5-13(12)16(19)20/h2-5,7,9-10H,6,8H2,1H3,(H,19,20). The number of hydrogen-bond donors (Lipinski definition) is 1. The van der Waals surface area contributed by atoms with Crippen LogP contribution in [0.2, 0.25) is 0 Å². The van der Waals surface area contributed by atoms with E-state index in [1.807, 2.05) is 18.4 Å². The lowest BCUT2D eigenvalue weighted by Crippen LogP contribution is -2.38. The molecule has 3 rings (SSSR count). The van der Waals surface area contributed by atoms with Gasteiger partial charge in [0.05, 0.1) is 17.2 Å². The predicted octanol–water partition coefficient (Wildman–Crippen LogP) is 3.21. The minimum absolute atomic E-state index is 0.0191. The van der Waals surface area contributed by atoms with Crippen molar-refractivity contribution in [2.75, 3.05) is 6.54 Å². The molecule has 1 aromatic carbocycles. The number of carboxylic acids is 1. The molecule has 0 spiro atoms. The normalized spacial score (nSPS) is 17.4. The van der Waals surface area contributed by atoms with Crippen LogP contribution in [-0.2, 0) is 6.42 Å². The van der Waals surface area contributed by atoms with Crippen LogP contribution in [0.1, 0.15) is 44.1 Å². The third-order valence-corrected chi connectivity index (χ3v) is 4.92. The lowest BCUT2D eigenvalue weighted by Gasteiger charge is -2.34. The summed E-state index contributed by atoms with van der Waals surface area (Å²) in [4.78, 5) is 27.1. The Bertz CT molecular complexity index is 707. The van der Waals surface area contributed by atoms with Crippen molar-refractivity contribution in [3.63, 3.8) is 0 Å². The molecule has 2 heterocycles. The number of carbonyl (C=O) groups excluding carboxylic acids is 1. The number of nitrogens with zero attached hydrogens (tertiary/aromatic N) is 1. The molecular weight excluding hydrogens is 286 g/mol. The number of amides is 1. The summed E-state index contributed by atoms with van der Waals surface area (Å²) in [7, 11) is 0. The van der Waals surface area contributed by atoms with Crippen LogP contribution in [0.3, 0.4) is 0 Å². The molecule has 0 radical (unpaired) electrons. The molecule has 1 aliphatic rings. The molecule has 1 aliphatic heterocycles. The first kappa shape index (κ1) is 13.8. The van der Waals surface area contributed by atoms with Gasteiger partial charge in [-0.25, -0.2) is 4.79 Å². The van der Waals surface area contributed by atoms with Crippen LogP contribution in [-0.4, -0.2) is 28.4 Å². The number of benzene rings is 1. The van der Waals surface area contributed by atoms with E-state index in [0.717, 1.165) is 6.42 Å². The Balaban J connectivity index is 1.95. The van der Waals surface area contributed by atoms with Crippen LogP contribution in [0.15, 0.2) is 35.7 Å². The summed E-state index contributed by atoms with van der Waals surface area (Å²) in [6, 6.07) is 8.42. The number of carbonyl (C=O) groups is 2. The molecule has 0 bridgehead atoms. The van der Waals surface area contributed by atoms with Crippen molar-refractivity contribution in [1.82, 2.24) is 4.90 Å². The fourth-order valence-corrected chi connectivity index (χ4v) is 3.76. The van der Waals surface area contributed by atoms with Crippen LogP contribution >= 0.6 is 11.3 Å². The summed E-state index contributed by atoms with van der Waals surface area (Å²) >= 11 is 1.71. The first-order chi connectivity index (χ1) is 10.1. The van der Waals surface area contributed by atoms with Crippen molar-refractivity contribution in [3.05, 3.63) is 57.3 Å². The monoisotopic (exact) mass is 301 g/mol. The van der Waals surface area contributed by atoms with Crippen molar-refractivity contribution in [2.45, 2.75) is 19.4 Å². The second-order valence-electron chi connectivity index (χ2n) is 5.07. The molecule has 2 aromatic rings. The SMILES string of the molecule is CC1c2ccsc2CCN1C(=O)c1ccccc1C(=O)O. The van der Waals surface area contributed by atoms with Gasteiger partial charge in [0.15, 0.2) is 0 Å². The third kappa shape index (κ3) is 2.34. The van der Waals surface area contributed by atoms with Crippen LogP contribution in [0.25, 0.3) is 0 Å². The summed E-state index contributed by atoms with van der Waals surface area (Å²) < 4.78 is 0. The zero-order valence-corrected chi connectivity index (χ0v) is 12.4. The van der Waals surface area contributed by atoms with Gasteiger partial charge in [-0.3, -0.25) is 4.79 Å². The zero-order chi connectivity index (χ0) is 15.0. The van der Waals surface area contributed by atoms with E-state index in [-0.39, 0.29) is 23.1 Å². The highest BCUT2D eigenvalue weighted by molar-refractivity contribution is 7.10. The Morgan fingerprint density at radius 2 is 1.95 bits per heavy atom. The average molecular weight is 301 g/mol. The predicted molar refractivity (Wildman–Crippen MR) is 80.9 cm³/mol. The lowest BCUT2D eigenvalue weighted by atomic mass is 9.99. The van der Waals surface area contributed by atoms with E-state index in [0.29, 0.717) is 6.54 Å². The van der Waals surface area contributed by atoms with Crippen LogP contribution in [0, 0.1) is 0 Å². The molecule has 0 aliphatic carbocycles. The maximum atomic E-state index is 12.7. The van der Waals surface area contributed by atoms with E-state index >= 15 is 0 Å². The van der Waals surface area contributed by atoms with Gasteiger partial charge < -0.3 is 10.0 Å². The van der Waals surface area contributed by atoms with Gasteiger partial charge in [-0.1, -0.05) is 12.1 Å². The van der Waals surface area contributed by atoms with Gasteiger partial charge in [0.2, 0.25) is 0 Å². The van der Waals surface area contributed by atoms with Crippen molar-refractivity contribution in [1.29, 1.82) is 0 Å². The molecule has 1 aromatic heterocycles. The molecular formula is C16H15NO3S. The number of aromatic carboxylic acids is 1. The van der Waals surface area contributed by atoms with Gasteiger partial charge in [0.1, 0.15) is 0 Å². The highest BCUT2D eigenvalue weighted by Gasteiger charge is 2.30.